The maximum absolute atomic E-state index is 13.6. The number of nitrogens with zero attached hydrogens (tertiary/aromatic N) is 2. The third kappa shape index (κ3) is 5.56. The second kappa shape index (κ2) is 8.11. The number of halogens is 5. The van der Waals surface area contributed by atoms with Gasteiger partial charge in [-0.2, -0.15) is 18.3 Å². The van der Waals surface area contributed by atoms with E-state index in [-0.39, 0.29) is 17.3 Å². The summed E-state index contributed by atoms with van der Waals surface area (Å²) >= 11 is 1.16. The van der Waals surface area contributed by atoms with Gasteiger partial charge in [0.1, 0.15) is 11.6 Å². The van der Waals surface area contributed by atoms with Crippen LogP contribution in [0.1, 0.15) is 16.7 Å². The van der Waals surface area contributed by atoms with Crippen LogP contribution in [-0.2, 0) is 11.9 Å². The zero-order valence-electron chi connectivity index (χ0n) is 12.6. The van der Waals surface area contributed by atoms with Crippen LogP contribution < -0.4 is 5.73 Å². The average molecular weight is 373 g/mol. The van der Waals surface area contributed by atoms with Gasteiger partial charge in [0.25, 0.3) is 0 Å². The van der Waals surface area contributed by atoms with Crippen molar-refractivity contribution in [1.29, 1.82) is 0 Å². The van der Waals surface area contributed by atoms with E-state index in [4.69, 9.17) is 5.73 Å². The van der Waals surface area contributed by atoms with E-state index in [2.05, 4.69) is 10.2 Å². The van der Waals surface area contributed by atoms with Crippen molar-refractivity contribution in [3.8, 4) is 0 Å². The first-order chi connectivity index (χ1) is 11.8. The lowest BCUT2D eigenvalue weighted by Gasteiger charge is -2.08. The minimum Gasteiger partial charge on any atom is -0.377 e. The molecule has 0 amide bonds. The summed E-state index contributed by atoms with van der Waals surface area (Å²) in [6, 6.07) is 9.74. The third-order valence-corrected chi connectivity index (χ3v) is 3.83. The van der Waals surface area contributed by atoms with Gasteiger partial charge in [-0.05, 0) is 17.7 Å². The molecule has 2 N–H and O–H groups in total. The standard InChI is InChI=1S/C16H12F5N3S/c17-13-6-11(16(19,20)21)7-14(18)12(13)8-23-24-15(22)25-9-10-4-2-1-3-5-10/h1-8H,9H2,(H2,22,24). The maximum atomic E-state index is 13.6. The van der Waals surface area contributed by atoms with Crippen molar-refractivity contribution in [3.05, 3.63) is 70.8 Å². The van der Waals surface area contributed by atoms with Crippen molar-refractivity contribution in [1.82, 2.24) is 0 Å². The first kappa shape index (κ1) is 18.9. The molecule has 2 aromatic carbocycles. The van der Waals surface area contributed by atoms with E-state index in [1.54, 1.807) is 0 Å². The van der Waals surface area contributed by atoms with Crippen molar-refractivity contribution in [2.45, 2.75) is 11.9 Å². The van der Waals surface area contributed by atoms with Crippen LogP contribution in [0, 0.1) is 11.6 Å². The monoisotopic (exact) mass is 373 g/mol. The summed E-state index contributed by atoms with van der Waals surface area (Å²) in [6.45, 7) is 0. The predicted octanol–water partition coefficient (Wildman–Crippen LogP) is 4.57. The molecule has 0 aliphatic rings. The Bertz CT molecular complexity index is 765. The van der Waals surface area contributed by atoms with Crippen LogP contribution in [0.5, 0.6) is 0 Å². The Morgan fingerprint density at radius 1 is 1.08 bits per heavy atom. The highest BCUT2D eigenvalue weighted by Gasteiger charge is 2.32. The van der Waals surface area contributed by atoms with Crippen molar-refractivity contribution in [2.24, 2.45) is 15.9 Å². The summed E-state index contributed by atoms with van der Waals surface area (Å²) in [7, 11) is 0. The van der Waals surface area contributed by atoms with Crippen LogP contribution in [0.2, 0.25) is 0 Å². The number of hydrogen-bond acceptors (Lipinski definition) is 3. The molecule has 0 aromatic heterocycles. The molecule has 3 nitrogen and oxygen atoms in total. The minimum atomic E-state index is -4.84. The molecule has 0 fully saturated rings. The smallest absolute Gasteiger partial charge is 0.377 e. The van der Waals surface area contributed by atoms with E-state index in [1.165, 1.54) is 0 Å². The van der Waals surface area contributed by atoms with Crippen LogP contribution in [0.3, 0.4) is 0 Å². The fourth-order valence-electron chi connectivity index (χ4n) is 1.78. The number of amidine groups is 1. The summed E-state index contributed by atoms with van der Waals surface area (Å²) in [5.74, 6) is -2.25. The maximum Gasteiger partial charge on any atom is 0.416 e. The van der Waals surface area contributed by atoms with Crippen molar-refractivity contribution in [2.75, 3.05) is 0 Å². The van der Waals surface area contributed by atoms with Gasteiger partial charge in [0.05, 0.1) is 17.3 Å². The Balaban J connectivity index is 2.06. The summed E-state index contributed by atoms with van der Waals surface area (Å²) in [5.41, 5.74) is 4.46. The quantitative estimate of drug-likeness (QED) is 0.370. The van der Waals surface area contributed by atoms with E-state index in [0.29, 0.717) is 12.0 Å². The van der Waals surface area contributed by atoms with Crippen LogP contribution in [0.15, 0.2) is 52.7 Å². The molecule has 2 rings (SSSR count). The first-order valence-electron chi connectivity index (χ1n) is 6.87. The summed E-state index contributed by atoms with van der Waals surface area (Å²) in [5, 5.41) is 7.03. The Kier molecular flexibility index (Phi) is 6.13. The number of hydrogen-bond donors (Lipinski definition) is 1. The second-order valence-electron chi connectivity index (χ2n) is 4.81. The highest BCUT2D eigenvalue weighted by atomic mass is 32.2. The van der Waals surface area contributed by atoms with Gasteiger partial charge in [-0.15, -0.1) is 5.10 Å². The first-order valence-corrected chi connectivity index (χ1v) is 7.85. The van der Waals surface area contributed by atoms with Gasteiger partial charge in [0.2, 0.25) is 0 Å². The molecule has 0 atom stereocenters. The van der Waals surface area contributed by atoms with Gasteiger partial charge >= 0.3 is 6.18 Å². The fraction of sp³-hybridized carbons (Fsp3) is 0.125. The van der Waals surface area contributed by atoms with E-state index >= 15 is 0 Å². The van der Waals surface area contributed by atoms with E-state index in [9.17, 15) is 22.0 Å². The van der Waals surface area contributed by atoms with Crippen LogP contribution in [-0.4, -0.2) is 11.4 Å². The molecule has 0 bridgehead atoms. The number of nitrogens with two attached hydrogens (primary N) is 1. The van der Waals surface area contributed by atoms with Crippen LogP contribution >= 0.6 is 11.8 Å². The number of benzene rings is 2. The average Bonchev–Trinajstić information content (AvgIpc) is 2.55. The lowest BCUT2D eigenvalue weighted by Crippen LogP contribution is -2.08. The van der Waals surface area contributed by atoms with Crippen LogP contribution in [0.25, 0.3) is 0 Å². The topological polar surface area (TPSA) is 50.7 Å². The second-order valence-corrected chi connectivity index (χ2v) is 5.80. The van der Waals surface area contributed by atoms with E-state index in [1.807, 2.05) is 30.3 Å². The lowest BCUT2D eigenvalue weighted by atomic mass is 10.1. The molecule has 0 radical (unpaired) electrons. The van der Waals surface area contributed by atoms with E-state index < -0.39 is 28.9 Å². The molecule has 0 saturated heterocycles. The molecule has 0 aliphatic heterocycles. The zero-order valence-corrected chi connectivity index (χ0v) is 13.4. The van der Waals surface area contributed by atoms with Gasteiger partial charge in [-0.1, -0.05) is 42.1 Å². The lowest BCUT2D eigenvalue weighted by molar-refractivity contribution is -0.138. The van der Waals surface area contributed by atoms with Gasteiger partial charge < -0.3 is 5.73 Å². The normalized spacial score (nSPS) is 12.8. The fourth-order valence-corrected chi connectivity index (χ4v) is 2.39. The van der Waals surface area contributed by atoms with Crippen LogP contribution in [0.4, 0.5) is 22.0 Å². The molecule has 0 heterocycles. The highest BCUT2D eigenvalue weighted by Crippen LogP contribution is 2.31. The Hall–Kier alpha value is -2.42. The van der Waals surface area contributed by atoms with Crippen molar-refractivity contribution < 1.29 is 22.0 Å². The van der Waals surface area contributed by atoms with Crippen molar-refractivity contribution in [3.63, 3.8) is 0 Å². The predicted molar refractivity (Wildman–Crippen MR) is 88.3 cm³/mol. The summed E-state index contributed by atoms with van der Waals surface area (Å²) in [6.07, 6.45) is -4.16. The summed E-state index contributed by atoms with van der Waals surface area (Å²) in [4.78, 5) is 0. The molecule has 0 saturated carbocycles. The zero-order chi connectivity index (χ0) is 18.4. The molecule has 132 valence electrons. The van der Waals surface area contributed by atoms with Gasteiger partial charge in [-0.25, -0.2) is 8.78 Å². The number of alkyl halides is 3. The molecule has 2 aromatic rings. The number of thioether (sulfide) groups is 1. The molecule has 0 aliphatic carbocycles. The SMILES string of the molecule is NC(=NN=Cc1c(F)cc(C(F)(F)F)cc1F)SCc1ccccc1. The molecular weight excluding hydrogens is 361 g/mol. The van der Waals surface area contributed by atoms with Gasteiger partial charge in [0, 0.05) is 5.75 Å². The molecule has 25 heavy (non-hydrogen) atoms. The minimum absolute atomic E-state index is 0.0489. The summed E-state index contributed by atoms with van der Waals surface area (Å²) < 4.78 is 64.6. The Morgan fingerprint density at radius 3 is 2.24 bits per heavy atom. The van der Waals surface area contributed by atoms with E-state index in [0.717, 1.165) is 17.3 Å². The molecular formula is C16H12F5N3S. The van der Waals surface area contributed by atoms with Gasteiger partial charge in [0.15, 0.2) is 5.17 Å². The van der Waals surface area contributed by atoms with Gasteiger partial charge in [-0.3, -0.25) is 0 Å². The highest BCUT2D eigenvalue weighted by molar-refractivity contribution is 8.13. The number of rotatable bonds is 4. The van der Waals surface area contributed by atoms with Crippen molar-refractivity contribution >= 4 is 23.1 Å². The Morgan fingerprint density at radius 2 is 1.68 bits per heavy atom. The molecule has 0 unspecified atom stereocenters. The third-order valence-electron chi connectivity index (χ3n) is 2.98. The Labute approximate surface area is 144 Å². The largest absolute Gasteiger partial charge is 0.416 e. The molecule has 9 heteroatoms. The molecule has 0 spiro atoms.